The molecule has 0 spiro atoms. The lowest BCUT2D eigenvalue weighted by Gasteiger charge is -2.27. The molecule has 1 fully saturated rings. The van der Waals surface area contributed by atoms with Gasteiger partial charge >= 0.3 is 5.69 Å². The number of fused-ring (bicyclic) bond motifs is 1. The smallest absolute Gasteiger partial charge is 0.326 e. The molecule has 0 saturated carbocycles. The molecule has 6 nitrogen and oxygen atoms in total. The largest absolute Gasteiger partial charge is 0.329 e. The number of carbonyl (C=O) groups is 1. The van der Waals surface area contributed by atoms with Crippen molar-refractivity contribution >= 4 is 34.4 Å². The van der Waals surface area contributed by atoms with E-state index in [1.807, 2.05) is 48.2 Å². The van der Waals surface area contributed by atoms with Gasteiger partial charge in [0.05, 0.1) is 11.0 Å². The zero-order valence-electron chi connectivity index (χ0n) is 19.0. The van der Waals surface area contributed by atoms with Crippen LogP contribution in [0.4, 0.5) is 5.69 Å². The molecule has 1 aliphatic rings. The van der Waals surface area contributed by atoms with Crippen molar-refractivity contribution in [1.82, 2.24) is 14.0 Å². The van der Waals surface area contributed by atoms with E-state index < -0.39 is 0 Å². The van der Waals surface area contributed by atoms with Crippen LogP contribution in [0.5, 0.6) is 0 Å². The Kier molecular flexibility index (Phi) is 7.37. The zero-order valence-corrected chi connectivity index (χ0v) is 19.8. The van der Waals surface area contributed by atoms with Crippen molar-refractivity contribution in [1.29, 1.82) is 0 Å². The number of benzene rings is 2. The first-order valence-electron chi connectivity index (χ1n) is 11.4. The van der Waals surface area contributed by atoms with Crippen molar-refractivity contribution in [3.8, 4) is 0 Å². The second kappa shape index (κ2) is 10.4. The summed E-state index contributed by atoms with van der Waals surface area (Å²) in [5.41, 5.74) is 5.01. The molecule has 32 heavy (non-hydrogen) atoms. The number of aromatic nitrogens is 2. The Balaban J connectivity index is 1.44. The van der Waals surface area contributed by atoms with Gasteiger partial charge in [0.1, 0.15) is 0 Å². The summed E-state index contributed by atoms with van der Waals surface area (Å²) >= 11 is 2.01. The highest BCUT2D eigenvalue weighted by atomic mass is 32.2. The second-order valence-corrected chi connectivity index (χ2v) is 9.58. The van der Waals surface area contributed by atoms with Crippen LogP contribution < -0.4 is 11.0 Å². The number of carbonyl (C=O) groups excluding carboxylic acids is 1. The second-order valence-electron chi connectivity index (χ2n) is 8.35. The van der Waals surface area contributed by atoms with Crippen molar-refractivity contribution in [2.75, 3.05) is 29.9 Å². The highest BCUT2D eigenvalue weighted by Crippen LogP contribution is 2.22. The first-order chi connectivity index (χ1) is 15.6. The van der Waals surface area contributed by atoms with E-state index in [0.29, 0.717) is 13.1 Å². The van der Waals surface area contributed by atoms with Gasteiger partial charge in [-0.2, -0.15) is 11.8 Å². The average molecular weight is 453 g/mol. The minimum absolute atomic E-state index is 0.0428. The van der Waals surface area contributed by atoms with Crippen molar-refractivity contribution in [2.45, 2.75) is 46.3 Å². The van der Waals surface area contributed by atoms with Gasteiger partial charge in [-0.25, -0.2) is 4.79 Å². The summed E-state index contributed by atoms with van der Waals surface area (Å²) in [6, 6.07) is 13.9. The number of anilines is 1. The van der Waals surface area contributed by atoms with Crippen LogP contribution in [0.15, 0.2) is 47.3 Å². The molecule has 3 aromatic rings. The van der Waals surface area contributed by atoms with Gasteiger partial charge in [0.25, 0.3) is 0 Å². The van der Waals surface area contributed by atoms with E-state index in [9.17, 15) is 9.59 Å². The molecular weight excluding hydrogens is 420 g/mol. The molecular formula is C25H32N4O2S. The third kappa shape index (κ3) is 4.94. The molecule has 1 saturated heterocycles. The highest BCUT2D eigenvalue weighted by Gasteiger charge is 2.16. The summed E-state index contributed by atoms with van der Waals surface area (Å²) in [5, 5.41) is 3.07. The fourth-order valence-corrected chi connectivity index (χ4v) is 5.32. The van der Waals surface area contributed by atoms with Gasteiger partial charge in [0, 0.05) is 56.3 Å². The molecule has 2 heterocycles. The van der Waals surface area contributed by atoms with Gasteiger partial charge in [-0.05, 0) is 42.7 Å². The molecule has 0 radical (unpaired) electrons. The van der Waals surface area contributed by atoms with Crippen molar-refractivity contribution in [3.63, 3.8) is 0 Å². The number of aryl methyl sites for hydroxylation is 2. The summed E-state index contributed by atoms with van der Waals surface area (Å²) in [5.74, 6) is 2.30. The van der Waals surface area contributed by atoms with E-state index >= 15 is 0 Å². The number of nitrogens with one attached hydrogen (secondary N) is 1. The normalized spacial score (nSPS) is 14.7. The van der Waals surface area contributed by atoms with Crippen LogP contribution in [0.1, 0.15) is 30.9 Å². The maximum atomic E-state index is 12.9. The number of para-hydroxylation sites is 2. The third-order valence-electron chi connectivity index (χ3n) is 6.15. The maximum Gasteiger partial charge on any atom is 0.329 e. The van der Waals surface area contributed by atoms with E-state index in [-0.39, 0.29) is 18.0 Å². The van der Waals surface area contributed by atoms with E-state index in [1.54, 1.807) is 9.13 Å². The summed E-state index contributed by atoms with van der Waals surface area (Å²) in [7, 11) is 0. The maximum absolute atomic E-state index is 12.9. The lowest BCUT2D eigenvalue weighted by Crippen LogP contribution is -2.32. The summed E-state index contributed by atoms with van der Waals surface area (Å²) < 4.78 is 3.53. The Morgan fingerprint density at radius 3 is 2.38 bits per heavy atom. The quantitative estimate of drug-likeness (QED) is 0.559. The Morgan fingerprint density at radius 1 is 1.00 bits per heavy atom. The molecule has 1 N–H and O–H groups in total. The number of hydrogen-bond acceptors (Lipinski definition) is 4. The zero-order chi connectivity index (χ0) is 22.5. The highest BCUT2D eigenvalue weighted by molar-refractivity contribution is 7.99. The SMILES string of the molecule is CCCn1c(=O)n(CCC(=O)Nc2cccc(CN3CCSCC3)c2C)c2ccccc21. The van der Waals surface area contributed by atoms with E-state index in [4.69, 9.17) is 0 Å². The van der Waals surface area contributed by atoms with Gasteiger partial charge < -0.3 is 5.32 Å². The summed E-state index contributed by atoms with van der Waals surface area (Å²) in [6.45, 7) is 8.33. The monoisotopic (exact) mass is 452 g/mol. The first-order valence-corrected chi connectivity index (χ1v) is 12.6. The van der Waals surface area contributed by atoms with Crippen molar-refractivity contribution in [2.24, 2.45) is 0 Å². The van der Waals surface area contributed by atoms with Crippen LogP contribution in [-0.2, 0) is 24.4 Å². The number of rotatable bonds is 8. The average Bonchev–Trinajstić information content (AvgIpc) is 3.07. The molecule has 0 atom stereocenters. The minimum Gasteiger partial charge on any atom is -0.326 e. The lowest BCUT2D eigenvalue weighted by molar-refractivity contribution is -0.116. The Hall–Kier alpha value is -2.51. The van der Waals surface area contributed by atoms with Crippen LogP contribution in [0.2, 0.25) is 0 Å². The van der Waals surface area contributed by atoms with Crippen LogP contribution in [-0.4, -0.2) is 44.5 Å². The fourth-order valence-electron chi connectivity index (χ4n) is 4.34. The lowest BCUT2D eigenvalue weighted by atomic mass is 10.1. The van der Waals surface area contributed by atoms with Crippen LogP contribution in [0.25, 0.3) is 11.0 Å². The molecule has 1 aromatic heterocycles. The van der Waals surface area contributed by atoms with Crippen molar-refractivity contribution < 1.29 is 4.79 Å². The number of nitrogens with zero attached hydrogens (tertiary/aromatic N) is 3. The van der Waals surface area contributed by atoms with E-state index in [1.165, 1.54) is 17.1 Å². The van der Waals surface area contributed by atoms with Crippen LogP contribution in [0, 0.1) is 6.92 Å². The molecule has 170 valence electrons. The van der Waals surface area contributed by atoms with E-state index in [0.717, 1.165) is 48.3 Å². The topological polar surface area (TPSA) is 59.3 Å². The van der Waals surface area contributed by atoms with Gasteiger partial charge in [-0.1, -0.05) is 31.2 Å². The predicted molar refractivity (Wildman–Crippen MR) is 134 cm³/mol. The molecule has 0 unspecified atom stereocenters. The van der Waals surface area contributed by atoms with Gasteiger partial charge in [0.2, 0.25) is 5.91 Å². The Labute approximate surface area is 193 Å². The van der Waals surface area contributed by atoms with Crippen LogP contribution >= 0.6 is 11.8 Å². The Bertz CT molecular complexity index is 1140. The summed E-state index contributed by atoms with van der Waals surface area (Å²) in [6.07, 6.45) is 1.15. The van der Waals surface area contributed by atoms with Gasteiger partial charge in [-0.3, -0.25) is 18.8 Å². The van der Waals surface area contributed by atoms with E-state index in [2.05, 4.69) is 30.1 Å². The molecule has 0 aliphatic carbocycles. The van der Waals surface area contributed by atoms with Crippen LogP contribution in [0.3, 0.4) is 0 Å². The molecule has 1 amide bonds. The summed E-state index contributed by atoms with van der Waals surface area (Å²) in [4.78, 5) is 28.2. The fraction of sp³-hybridized carbons (Fsp3) is 0.440. The number of thioether (sulfide) groups is 1. The first kappa shape index (κ1) is 22.7. The molecule has 4 rings (SSSR count). The van der Waals surface area contributed by atoms with Crippen molar-refractivity contribution in [3.05, 3.63) is 64.1 Å². The predicted octanol–water partition coefficient (Wildman–Crippen LogP) is 4.10. The standard InChI is InChI=1S/C25H32N4O2S/c1-3-12-28-22-9-4-5-10-23(22)29(25(28)31)13-11-24(30)26-21-8-6-7-20(19(21)2)18-27-14-16-32-17-15-27/h4-10H,3,11-18H2,1-2H3,(H,26,30). The Morgan fingerprint density at radius 2 is 1.69 bits per heavy atom. The minimum atomic E-state index is -0.0705. The molecule has 1 aliphatic heterocycles. The molecule has 7 heteroatoms. The molecule has 0 bridgehead atoms. The van der Waals surface area contributed by atoms with Gasteiger partial charge in [-0.15, -0.1) is 0 Å². The van der Waals surface area contributed by atoms with Gasteiger partial charge in [0.15, 0.2) is 0 Å². The third-order valence-corrected chi connectivity index (χ3v) is 7.10. The molecule has 2 aromatic carbocycles. The number of imidazole rings is 1. The number of amides is 1. The number of hydrogen-bond donors (Lipinski definition) is 1.